The Morgan fingerprint density at radius 3 is 2.40 bits per heavy atom. The summed E-state index contributed by atoms with van der Waals surface area (Å²) in [6.45, 7) is 3.04. The zero-order valence-corrected chi connectivity index (χ0v) is 12.3. The molecule has 3 nitrogen and oxygen atoms in total. The van der Waals surface area contributed by atoms with Crippen LogP contribution in [-0.4, -0.2) is 12.5 Å². The van der Waals surface area contributed by atoms with E-state index >= 15 is 0 Å². The molecule has 0 heterocycles. The standard InChI is InChI=1S/C17H26N2O/c1-2-13-8-10-14(11-9-13)12-19-17(20)16(18)15-6-4-3-5-7-15/h3-7,13-14,16H,2,8-12,18H2,1H3,(H,19,20)/t13?,14?,16-/m0/s1. The molecule has 0 spiro atoms. The van der Waals surface area contributed by atoms with Crippen LogP contribution >= 0.6 is 0 Å². The Labute approximate surface area is 121 Å². The highest BCUT2D eigenvalue weighted by Gasteiger charge is 2.21. The van der Waals surface area contributed by atoms with Gasteiger partial charge >= 0.3 is 0 Å². The molecule has 1 fully saturated rings. The van der Waals surface area contributed by atoms with Gasteiger partial charge in [0, 0.05) is 6.54 Å². The minimum atomic E-state index is -0.553. The average molecular weight is 274 g/mol. The van der Waals surface area contributed by atoms with E-state index in [0.29, 0.717) is 5.92 Å². The van der Waals surface area contributed by atoms with Gasteiger partial charge < -0.3 is 11.1 Å². The molecule has 1 saturated carbocycles. The summed E-state index contributed by atoms with van der Waals surface area (Å²) in [6.07, 6.45) is 6.38. The van der Waals surface area contributed by atoms with Crippen LogP contribution in [0.3, 0.4) is 0 Å². The quantitative estimate of drug-likeness (QED) is 0.867. The van der Waals surface area contributed by atoms with E-state index in [-0.39, 0.29) is 5.91 Å². The fourth-order valence-electron chi connectivity index (χ4n) is 3.01. The van der Waals surface area contributed by atoms with Crippen molar-refractivity contribution in [2.24, 2.45) is 17.6 Å². The van der Waals surface area contributed by atoms with Crippen molar-refractivity contribution in [3.05, 3.63) is 35.9 Å². The number of rotatable bonds is 5. The van der Waals surface area contributed by atoms with E-state index in [1.54, 1.807) is 0 Å². The highest BCUT2D eigenvalue weighted by Crippen LogP contribution is 2.30. The van der Waals surface area contributed by atoms with Crippen molar-refractivity contribution >= 4 is 5.91 Å². The van der Waals surface area contributed by atoms with Gasteiger partial charge in [-0.3, -0.25) is 4.79 Å². The molecule has 0 radical (unpaired) electrons. The molecule has 110 valence electrons. The number of hydrogen-bond donors (Lipinski definition) is 2. The lowest BCUT2D eigenvalue weighted by atomic mass is 9.81. The van der Waals surface area contributed by atoms with Crippen LogP contribution in [0.5, 0.6) is 0 Å². The van der Waals surface area contributed by atoms with Crippen LogP contribution in [-0.2, 0) is 4.79 Å². The molecule has 1 aromatic carbocycles. The molecule has 3 heteroatoms. The summed E-state index contributed by atoms with van der Waals surface area (Å²) in [6, 6.07) is 9.00. The van der Waals surface area contributed by atoms with E-state index in [9.17, 15) is 4.79 Å². The summed E-state index contributed by atoms with van der Waals surface area (Å²) in [5.74, 6) is 1.46. The van der Waals surface area contributed by atoms with Gasteiger partial charge in [0.1, 0.15) is 6.04 Å². The smallest absolute Gasteiger partial charge is 0.241 e. The van der Waals surface area contributed by atoms with E-state index in [0.717, 1.165) is 18.0 Å². The number of carbonyl (C=O) groups excluding carboxylic acids is 1. The van der Waals surface area contributed by atoms with Gasteiger partial charge in [-0.2, -0.15) is 0 Å². The number of benzene rings is 1. The van der Waals surface area contributed by atoms with Gasteiger partial charge in [0.05, 0.1) is 0 Å². The van der Waals surface area contributed by atoms with Gasteiger partial charge in [-0.1, -0.05) is 56.5 Å². The monoisotopic (exact) mass is 274 g/mol. The van der Waals surface area contributed by atoms with Crippen molar-refractivity contribution < 1.29 is 4.79 Å². The van der Waals surface area contributed by atoms with E-state index < -0.39 is 6.04 Å². The summed E-state index contributed by atoms with van der Waals surface area (Å²) in [5.41, 5.74) is 6.86. The SMILES string of the molecule is CCC1CCC(CNC(=O)[C@@H](N)c2ccccc2)CC1. The molecule has 0 saturated heterocycles. The van der Waals surface area contributed by atoms with Crippen molar-refractivity contribution in [2.75, 3.05) is 6.54 Å². The van der Waals surface area contributed by atoms with Crippen molar-refractivity contribution in [2.45, 2.75) is 45.1 Å². The second kappa shape index (κ2) is 7.44. The molecule has 1 amide bonds. The van der Waals surface area contributed by atoms with E-state index in [4.69, 9.17) is 5.73 Å². The van der Waals surface area contributed by atoms with E-state index in [1.165, 1.54) is 32.1 Å². The molecule has 1 aromatic rings. The number of hydrogen-bond acceptors (Lipinski definition) is 2. The van der Waals surface area contributed by atoms with Crippen LogP contribution in [0.15, 0.2) is 30.3 Å². The Balaban J connectivity index is 1.75. The second-order valence-electron chi connectivity index (χ2n) is 5.93. The summed E-state index contributed by atoms with van der Waals surface area (Å²) in [5, 5.41) is 3.02. The first-order valence-electron chi connectivity index (χ1n) is 7.79. The number of amides is 1. The van der Waals surface area contributed by atoms with Crippen molar-refractivity contribution in [1.82, 2.24) is 5.32 Å². The maximum atomic E-state index is 12.1. The number of carbonyl (C=O) groups is 1. The van der Waals surface area contributed by atoms with Crippen molar-refractivity contribution in [1.29, 1.82) is 0 Å². The fourth-order valence-corrected chi connectivity index (χ4v) is 3.01. The van der Waals surface area contributed by atoms with Crippen LogP contribution in [0.2, 0.25) is 0 Å². The van der Waals surface area contributed by atoms with Gasteiger partial charge in [-0.05, 0) is 30.2 Å². The maximum absolute atomic E-state index is 12.1. The Bertz CT molecular complexity index is 410. The first-order valence-corrected chi connectivity index (χ1v) is 7.79. The lowest BCUT2D eigenvalue weighted by Gasteiger charge is -2.28. The average Bonchev–Trinajstić information content (AvgIpc) is 2.53. The van der Waals surface area contributed by atoms with Gasteiger partial charge in [-0.25, -0.2) is 0 Å². The topological polar surface area (TPSA) is 55.1 Å². The van der Waals surface area contributed by atoms with Crippen LogP contribution < -0.4 is 11.1 Å². The molecule has 0 bridgehead atoms. The Hall–Kier alpha value is -1.35. The molecular formula is C17H26N2O. The minimum absolute atomic E-state index is 0.0613. The van der Waals surface area contributed by atoms with Crippen LogP contribution in [0.25, 0.3) is 0 Å². The third-order valence-corrected chi connectivity index (χ3v) is 4.55. The molecule has 1 atom stereocenters. The maximum Gasteiger partial charge on any atom is 0.241 e. The second-order valence-corrected chi connectivity index (χ2v) is 5.93. The molecule has 1 aliphatic rings. The zero-order chi connectivity index (χ0) is 14.4. The highest BCUT2D eigenvalue weighted by molar-refractivity contribution is 5.82. The lowest BCUT2D eigenvalue weighted by molar-refractivity contribution is -0.122. The summed E-state index contributed by atoms with van der Waals surface area (Å²) in [4.78, 5) is 12.1. The first kappa shape index (κ1) is 15.0. The van der Waals surface area contributed by atoms with Crippen LogP contribution in [0.1, 0.15) is 50.6 Å². The Morgan fingerprint density at radius 1 is 1.20 bits per heavy atom. The normalized spacial score (nSPS) is 24.1. The predicted octanol–water partition coefficient (Wildman–Crippen LogP) is 3.02. The lowest BCUT2D eigenvalue weighted by Crippen LogP contribution is -2.37. The number of nitrogens with two attached hydrogens (primary N) is 1. The first-order chi connectivity index (χ1) is 9.70. The van der Waals surface area contributed by atoms with Gasteiger partial charge in [0.2, 0.25) is 5.91 Å². The summed E-state index contributed by atoms with van der Waals surface area (Å²) >= 11 is 0. The summed E-state index contributed by atoms with van der Waals surface area (Å²) < 4.78 is 0. The predicted molar refractivity (Wildman–Crippen MR) is 82.1 cm³/mol. The summed E-state index contributed by atoms with van der Waals surface area (Å²) in [7, 11) is 0. The van der Waals surface area contributed by atoms with Gasteiger partial charge in [-0.15, -0.1) is 0 Å². The highest BCUT2D eigenvalue weighted by atomic mass is 16.2. The molecule has 1 aliphatic carbocycles. The van der Waals surface area contributed by atoms with Crippen LogP contribution in [0.4, 0.5) is 0 Å². The third kappa shape index (κ3) is 4.07. The van der Waals surface area contributed by atoms with Crippen molar-refractivity contribution in [3.8, 4) is 0 Å². The van der Waals surface area contributed by atoms with E-state index in [2.05, 4.69) is 12.2 Å². The molecule has 0 aliphatic heterocycles. The van der Waals surface area contributed by atoms with Crippen molar-refractivity contribution in [3.63, 3.8) is 0 Å². The van der Waals surface area contributed by atoms with Gasteiger partial charge in [0.25, 0.3) is 0 Å². The largest absolute Gasteiger partial charge is 0.354 e. The van der Waals surface area contributed by atoms with Crippen LogP contribution in [0, 0.1) is 11.8 Å². The molecule has 3 N–H and O–H groups in total. The fraction of sp³-hybridized carbons (Fsp3) is 0.588. The Morgan fingerprint density at radius 2 is 1.80 bits per heavy atom. The van der Waals surface area contributed by atoms with Gasteiger partial charge in [0.15, 0.2) is 0 Å². The molecule has 20 heavy (non-hydrogen) atoms. The molecular weight excluding hydrogens is 248 g/mol. The molecule has 0 unspecified atom stereocenters. The third-order valence-electron chi connectivity index (χ3n) is 4.55. The minimum Gasteiger partial charge on any atom is -0.354 e. The number of nitrogens with one attached hydrogen (secondary N) is 1. The molecule has 2 rings (SSSR count). The zero-order valence-electron chi connectivity index (χ0n) is 12.3. The van der Waals surface area contributed by atoms with E-state index in [1.807, 2.05) is 30.3 Å². The molecule has 0 aromatic heterocycles. The Kier molecular flexibility index (Phi) is 5.60.